The second-order valence-electron chi connectivity index (χ2n) is 9.97. The first-order chi connectivity index (χ1) is 21.7. The van der Waals surface area contributed by atoms with Crippen molar-refractivity contribution in [1.29, 1.82) is 0 Å². The summed E-state index contributed by atoms with van der Waals surface area (Å²) in [6.07, 6.45) is 1.53. The minimum absolute atomic E-state index is 0.000326. The molecule has 0 heterocycles. The molecule has 0 aromatic heterocycles. The molecule has 4 rings (SSSR count). The molecule has 0 aliphatic rings. The van der Waals surface area contributed by atoms with Gasteiger partial charge in [0.15, 0.2) is 11.5 Å². The van der Waals surface area contributed by atoms with Crippen LogP contribution in [0.15, 0.2) is 95.5 Å². The quantitative estimate of drug-likeness (QED) is 0.122. The smallest absolute Gasteiger partial charge is 0.272 e. The zero-order chi connectivity index (χ0) is 32.3. The first-order valence-electron chi connectivity index (χ1n) is 14.0. The summed E-state index contributed by atoms with van der Waals surface area (Å²) in [6, 6.07) is 24.9. The van der Waals surface area contributed by atoms with Gasteiger partial charge in [0.05, 0.1) is 27.1 Å². The molecule has 3 amide bonds. The summed E-state index contributed by atoms with van der Waals surface area (Å²) in [7, 11) is 4.49. The van der Waals surface area contributed by atoms with Gasteiger partial charge in [0.2, 0.25) is 11.7 Å². The van der Waals surface area contributed by atoms with Gasteiger partial charge in [-0.15, -0.1) is 11.8 Å². The van der Waals surface area contributed by atoms with E-state index in [4.69, 9.17) is 14.2 Å². The molecule has 0 unspecified atom stereocenters. The number of anilines is 2. The number of methoxy groups -OCH3 is 3. The molecule has 0 radical (unpaired) electrons. The lowest BCUT2D eigenvalue weighted by molar-refractivity contribution is -0.114. The number of ether oxygens (including phenoxy) is 3. The lowest BCUT2D eigenvalue weighted by Crippen LogP contribution is -2.30. The van der Waals surface area contributed by atoms with Crippen LogP contribution in [0, 0.1) is 13.8 Å². The van der Waals surface area contributed by atoms with Crippen LogP contribution in [0.25, 0.3) is 6.08 Å². The van der Waals surface area contributed by atoms with Crippen LogP contribution in [0.1, 0.15) is 27.0 Å². The lowest BCUT2D eigenvalue weighted by atomic mass is 10.1. The van der Waals surface area contributed by atoms with Crippen LogP contribution in [0.3, 0.4) is 0 Å². The summed E-state index contributed by atoms with van der Waals surface area (Å²) in [6.45, 7) is 3.97. The summed E-state index contributed by atoms with van der Waals surface area (Å²) in [5, 5.41) is 8.51. The summed E-state index contributed by atoms with van der Waals surface area (Å²) >= 11 is 1.38. The van der Waals surface area contributed by atoms with Gasteiger partial charge in [-0.05, 0) is 85.6 Å². The minimum atomic E-state index is -0.540. The summed E-state index contributed by atoms with van der Waals surface area (Å²) in [5.41, 5.74) is 4.37. The van der Waals surface area contributed by atoms with Gasteiger partial charge >= 0.3 is 0 Å². The average molecular weight is 626 g/mol. The van der Waals surface area contributed by atoms with Gasteiger partial charge in [0, 0.05) is 21.8 Å². The maximum atomic E-state index is 13.5. The molecule has 45 heavy (non-hydrogen) atoms. The zero-order valence-electron chi connectivity index (χ0n) is 25.7. The van der Waals surface area contributed by atoms with Crippen molar-refractivity contribution in [2.24, 2.45) is 0 Å². The van der Waals surface area contributed by atoms with Crippen molar-refractivity contribution in [2.75, 3.05) is 37.7 Å². The third-order valence-corrected chi connectivity index (χ3v) is 7.68. The number of thioether (sulfide) groups is 1. The van der Waals surface area contributed by atoms with Gasteiger partial charge in [0.25, 0.3) is 11.8 Å². The highest BCUT2D eigenvalue weighted by Gasteiger charge is 2.18. The number of carbonyl (C=O) groups is 3. The van der Waals surface area contributed by atoms with E-state index < -0.39 is 11.8 Å². The molecule has 0 spiro atoms. The molecule has 3 N–H and O–H groups in total. The Morgan fingerprint density at radius 3 is 2.04 bits per heavy atom. The second-order valence-corrected chi connectivity index (χ2v) is 11.0. The van der Waals surface area contributed by atoms with Gasteiger partial charge in [-0.25, -0.2) is 0 Å². The Balaban J connectivity index is 1.49. The molecule has 4 aromatic rings. The molecule has 0 saturated heterocycles. The average Bonchev–Trinajstić information content (AvgIpc) is 3.05. The Morgan fingerprint density at radius 1 is 0.778 bits per heavy atom. The number of carbonyl (C=O) groups excluding carboxylic acids is 3. The number of hydrogen-bond donors (Lipinski definition) is 3. The topological polar surface area (TPSA) is 115 Å². The fraction of sp³-hybridized carbons (Fsp3) is 0.171. The van der Waals surface area contributed by atoms with Crippen molar-refractivity contribution in [3.63, 3.8) is 0 Å². The molecule has 9 nitrogen and oxygen atoms in total. The van der Waals surface area contributed by atoms with E-state index in [0.717, 1.165) is 21.7 Å². The maximum absolute atomic E-state index is 13.5. The Morgan fingerprint density at radius 2 is 1.44 bits per heavy atom. The molecule has 10 heteroatoms. The van der Waals surface area contributed by atoms with E-state index in [1.54, 1.807) is 54.6 Å². The van der Waals surface area contributed by atoms with E-state index in [9.17, 15) is 14.4 Å². The van der Waals surface area contributed by atoms with Gasteiger partial charge in [-0.3, -0.25) is 14.4 Å². The number of hydrogen-bond acceptors (Lipinski definition) is 7. The predicted octanol–water partition coefficient (Wildman–Crippen LogP) is 6.47. The number of nitrogens with one attached hydrogen (secondary N) is 3. The zero-order valence-corrected chi connectivity index (χ0v) is 26.5. The summed E-state index contributed by atoms with van der Waals surface area (Å²) in [5.74, 6) is 0.321. The minimum Gasteiger partial charge on any atom is -0.493 e. The first-order valence-corrected chi connectivity index (χ1v) is 15.0. The number of aryl methyl sites for hydroxylation is 2. The van der Waals surface area contributed by atoms with E-state index in [2.05, 4.69) is 16.0 Å². The fourth-order valence-corrected chi connectivity index (χ4v) is 5.11. The van der Waals surface area contributed by atoms with Crippen molar-refractivity contribution >= 4 is 46.9 Å². The van der Waals surface area contributed by atoms with Crippen LogP contribution >= 0.6 is 11.8 Å². The van der Waals surface area contributed by atoms with Crippen LogP contribution in [0.4, 0.5) is 11.4 Å². The number of benzene rings is 4. The van der Waals surface area contributed by atoms with E-state index in [1.807, 2.05) is 44.2 Å². The van der Waals surface area contributed by atoms with Crippen molar-refractivity contribution in [2.45, 2.75) is 18.7 Å². The lowest BCUT2D eigenvalue weighted by Gasteiger charge is -2.15. The van der Waals surface area contributed by atoms with Gasteiger partial charge in [0.1, 0.15) is 5.70 Å². The van der Waals surface area contributed by atoms with Crippen molar-refractivity contribution in [3.05, 3.63) is 113 Å². The van der Waals surface area contributed by atoms with Crippen LogP contribution in [0.2, 0.25) is 0 Å². The highest BCUT2D eigenvalue weighted by molar-refractivity contribution is 8.00. The normalized spacial score (nSPS) is 10.9. The third kappa shape index (κ3) is 8.90. The molecule has 0 aliphatic heterocycles. The Kier molecular flexibility index (Phi) is 11.3. The molecule has 0 atom stereocenters. The van der Waals surface area contributed by atoms with Crippen molar-refractivity contribution < 1.29 is 28.6 Å². The molecule has 0 saturated carbocycles. The standard InChI is InChI=1S/C35H35N3O6S/c1-22-11-16-28(23(2)17-22)37-32(39)21-45-27-14-12-26(13-15-27)36-35(41)29(38-34(40)25-9-7-6-8-10-25)18-24-19-30(42-3)33(44-5)31(20-24)43-4/h6-20H,21H2,1-5H3,(H,36,41)(H,37,39)(H,38,40)/b29-18-. The maximum Gasteiger partial charge on any atom is 0.272 e. The van der Waals surface area contributed by atoms with Crippen LogP contribution in [0.5, 0.6) is 17.2 Å². The van der Waals surface area contributed by atoms with Crippen LogP contribution in [-0.4, -0.2) is 44.8 Å². The second kappa shape index (κ2) is 15.5. The number of amides is 3. The van der Waals surface area contributed by atoms with Gasteiger partial charge in [-0.1, -0.05) is 35.9 Å². The molecular formula is C35H35N3O6S. The van der Waals surface area contributed by atoms with Crippen LogP contribution in [-0.2, 0) is 9.59 Å². The molecule has 232 valence electrons. The predicted molar refractivity (Wildman–Crippen MR) is 178 cm³/mol. The van der Waals surface area contributed by atoms with E-state index in [0.29, 0.717) is 34.1 Å². The highest BCUT2D eigenvalue weighted by Crippen LogP contribution is 2.38. The number of rotatable bonds is 12. The Bertz CT molecular complexity index is 1680. The Labute approximate surface area is 267 Å². The third-order valence-electron chi connectivity index (χ3n) is 6.66. The van der Waals surface area contributed by atoms with Gasteiger partial charge in [-0.2, -0.15) is 0 Å². The SMILES string of the molecule is COc1cc(/C=C(\NC(=O)c2ccccc2)C(=O)Nc2ccc(SCC(=O)Nc3ccc(C)cc3C)cc2)cc(OC)c1OC. The van der Waals surface area contributed by atoms with E-state index in [1.165, 1.54) is 39.2 Å². The monoisotopic (exact) mass is 625 g/mol. The molecule has 0 bridgehead atoms. The molecule has 0 aliphatic carbocycles. The summed E-state index contributed by atoms with van der Waals surface area (Å²) < 4.78 is 16.3. The van der Waals surface area contributed by atoms with Gasteiger partial charge < -0.3 is 30.2 Å². The largest absolute Gasteiger partial charge is 0.493 e. The highest BCUT2D eigenvalue weighted by atomic mass is 32.2. The Hall–Kier alpha value is -5.22. The molecule has 4 aromatic carbocycles. The van der Waals surface area contributed by atoms with E-state index in [-0.39, 0.29) is 17.4 Å². The van der Waals surface area contributed by atoms with Crippen molar-refractivity contribution in [3.8, 4) is 17.2 Å². The fourth-order valence-electron chi connectivity index (χ4n) is 4.42. The molecular weight excluding hydrogens is 590 g/mol. The van der Waals surface area contributed by atoms with E-state index >= 15 is 0 Å². The van der Waals surface area contributed by atoms with Crippen LogP contribution < -0.4 is 30.2 Å². The summed E-state index contributed by atoms with van der Waals surface area (Å²) in [4.78, 5) is 39.9. The molecule has 0 fully saturated rings. The first kappa shape index (κ1) is 32.7. The van der Waals surface area contributed by atoms with Crippen molar-refractivity contribution in [1.82, 2.24) is 5.32 Å².